The van der Waals surface area contributed by atoms with Gasteiger partial charge in [0.25, 0.3) is 0 Å². The molecule has 3 fully saturated rings. The summed E-state index contributed by atoms with van der Waals surface area (Å²) in [5, 5.41) is 0. The maximum absolute atomic E-state index is 12.7. The van der Waals surface area contributed by atoms with Gasteiger partial charge >= 0.3 is 6.18 Å². The minimum Gasteiger partial charge on any atom is -0.339 e. The van der Waals surface area contributed by atoms with E-state index in [1.165, 1.54) is 43.5 Å². The van der Waals surface area contributed by atoms with E-state index in [4.69, 9.17) is 0 Å². The molecule has 4 rings (SSSR count). The van der Waals surface area contributed by atoms with Crippen LogP contribution in [0, 0.1) is 0 Å². The lowest BCUT2D eigenvalue weighted by molar-refractivity contribution is -0.138. The highest BCUT2D eigenvalue weighted by Crippen LogP contribution is 2.29. The number of nitrogens with zero attached hydrogens (tertiary/aromatic N) is 4. The summed E-state index contributed by atoms with van der Waals surface area (Å²) in [5.41, 5.74) is -0.171. The normalized spacial score (nSPS) is 21.4. The lowest BCUT2D eigenvalue weighted by Crippen LogP contribution is -2.56. The largest absolute Gasteiger partial charge is 0.416 e. The van der Waals surface area contributed by atoms with Crippen LogP contribution in [0.15, 0.2) is 30.3 Å². The second kappa shape index (κ2) is 10.3. The molecule has 0 unspecified atom stereocenters. The fraction of sp³-hybridized carbons (Fsp3) is 0.583. The summed E-state index contributed by atoms with van der Waals surface area (Å²) < 4.78 is 37.9. The van der Waals surface area contributed by atoms with Crippen molar-refractivity contribution in [3.63, 3.8) is 0 Å². The zero-order chi connectivity index (χ0) is 23.4. The quantitative estimate of drug-likeness (QED) is 0.629. The molecule has 0 aromatic heterocycles. The number of halogens is 3. The number of amides is 2. The average Bonchev–Trinajstić information content (AvgIpc) is 2.77. The van der Waals surface area contributed by atoms with Crippen LogP contribution in [0.5, 0.6) is 0 Å². The second-order valence-electron chi connectivity index (χ2n) is 9.06. The number of carbonyl (C=O) groups excluding carboxylic acids is 2. The standard InChI is InChI=1S/C24H31F3N4O2/c25-24(26,27)20-7-4-19(5-8-20)6-9-22(32)30-12-10-28(11-13-30)18-23(33)31-16-14-29(15-17-31)21-2-1-3-21/h4-9,21H,1-3,10-18H2. The highest BCUT2D eigenvalue weighted by molar-refractivity contribution is 5.91. The highest BCUT2D eigenvalue weighted by Gasteiger charge is 2.31. The number of hydrogen-bond acceptors (Lipinski definition) is 4. The van der Waals surface area contributed by atoms with Crippen LogP contribution in [-0.2, 0) is 15.8 Å². The predicted octanol–water partition coefficient (Wildman–Crippen LogP) is 2.56. The number of hydrogen-bond donors (Lipinski definition) is 0. The fourth-order valence-corrected chi connectivity index (χ4v) is 4.56. The smallest absolute Gasteiger partial charge is 0.339 e. The third kappa shape index (κ3) is 6.14. The van der Waals surface area contributed by atoms with E-state index >= 15 is 0 Å². The number of rotatable bonds is 5. The van der Waals surface area contributed by atoms with Crippen molar-refractivity contribution in [3.05, 3.63) is 41.5 Å². The van der Waals surface area contributed by atoms with E-state index in [1.807, 2.05) is 4.90 Å². The molecule has 9 heteroatoms. The zero-order valence-electron chi connectivity index (χ0n) is 18.8. The van der Waals surface area contributed by atoms with Crippen LogP contribution in [0.1, 0.15) is 30.4 Å². The molecule has 1 aromatic rings. The van der Waals surface area contributed by atoms with Crippen molar-refractivity contribution >= 4 is 17.9 Å². The Labute approximate surface area is 192 Å². The lowest BCUT2D eigenvalue weighted by Gasteiger charge is -2.43. The van der Waals surface area contributed by atoms with Crippen LogP contribution in [-0.4, -0.2) is 96.4 Å². The van der Waals surface area contributed by atoms with Crippen molar-refractivity contribution in [2.45, 2.75) is 31.5 Å². The number of carbonyl (C=O) groups is 2. The van der Waals surface area contributed by atoms with Gasteiger partial charge in [-0.2, -0.15) is 13.2 Å². The number of benzene rings is 1. The van der Waals surface area contributed by atoms with Gasteiger partial charge in [-0.25, -0.2) is 0 Å². The molecule has 2 amide bonds. The van der Waals surface area contributed by atoms with Gasteiger partial charge < -0.3 is 9.80 Å². The Morgan fingerprint density at radius 3 is 2.03 bits per heavy atom. The monoisotopic (exact) mass is 464 g/mol. The van der Waals surface area contributed by atoms with Crippen LogP contribution >= 0.6 is 0 Å². The number of piperazine rings is 2. The van der Waals surface area contributed by atoms with E-state index in [1.54, 1.807) is 4.90 Å². The molecule has 0 bridgehead atoms. The van der Waals surface area contributed by atoms with Crippen molar-refractivity contribution in [2.24, 2.45) is 0 Å². The Bertz CT molecular complexity index is 851. The molecular formula is C24H31F3N4O2. The van der Waals surface area contributed by atoms with Gasteiger partial charge in [0, 0.05) is 64.5 Å². The van der Waals surface area contributed by atoms with Crippen LogP contribution in [0.25, 0.3) is 6.08 Å². The third-order valence-corrected chi connectivity index (χ3v) is 6.96. The van der Waals surface area contributed by atoms with Crippen molar-refractivity contribution in [1.82, 2.24) is 19.6 Å². The van der Waals surface area contributed by atoms with Gasteiger partial charge in [-0.3, -0.25) is 19.4 Å². The molecule has 1 saturated carbocycles. The first-order valence-corrected chi connectivity index (χ1v) is 11.7. The summed E-state index contributed by atoms with van der Waals surface area (Å²) in [6, 6.07) is 5.44. The summed E-state index contributed by atoms with van der Waals surface area (Å²) in [6.45, 7) is 6.21. The summed E-state index contributed by atoms with van der Waals surface area (Å²) in [6.07, 6.45) is 2.45. The van der Waals surface area contributed by atoms with Gasteiger partial charge in [0.05, 0.1) is 12.1 Å². The van der Waals surface area contributed by atoms with Crippen molar-refractivity contribution < 1.29 is 22.8 Å². The Morgan fingerprint density at radius 1 is 0.879 bits per heavy atom. The summed E-state index contributed by atoms with van der Waals surface area (Å²) >= 11 is 0. The lowest BCUT2D eigenvalue weighted by atomic mass is 9.91. The molecule has 0 radical (unpaired) electrons. The van der Waals surface area contributed by atoms with Gasteiger partial charge in [-0.15, -0.1) is 0 Å². The highest BCUT2D eigenvalue weighted by atomic mass is 19.4. The van der Waals surface area contributed by atoms with E-state index in [-0.39, 0.29) is 11.8 Å². The first-order valence-electron chi connectivity index (χ1n) is 11.7. The van der Waals surface area contributed by atoms with E-state index < -0.39 is 11.7 Å². The summed E-state index contributed by atoms with van der Waals surface area (Å²) in [4.78, 5) is 33.4. The van der Waals surface area contributed by atoms with Crippen molar-refractivity contribution in [2.75, 3.05) is 58.9 Å². The molecule has 180 valence electrons. The first-order chi connectivity index (χ1) is 15.8. The molecule has 2 heterocycles. The zero-order valence-corrected chi connectivity index (χ0v) is 18.8. The van der Waals surface area contributed by atoms with Crippen LogP contribution in [0.4, 0.5) is 13.2 Å². The SMILES string of the molecule is O=C(C=Cc1ccc(C(F)(F)F)cc1)N1CCN(CC(=O)N2CCN(C3CCC3)CC2)CC1. The van der Waals surface area contributed by atoms with Gasteiger partial charge in [0.2, 0.25) is 11.8 Å². The van der Waals surface area contributed by atoms with Gasteiger partial charge in [-0.05, 0) is 36.6 Å². The first kappa shape index (κ1) is 23.8. The maximum atomic E-state index is 12.7. The Kier molecular flexibility index (Phi) is 7.38. The number of alkyl halides is 3. The Hall–Kier alpha value is -2.39. The van der Waals surface area contributed by atoms with Crippen molar-refractivity contribution in [1.29, 1.82) is 0 Å². The van der Waals surface area contributed by atoms with Gasteiger partial charge in [0.15, 0.2) is 0 Å². The van der Waals surface area contributed by atoms with E-state index in [9.17, 15) is 22.8 Å². The van der Waals surface area contributed by atoms with E-state index in [0.29, 0.717) is 38.3 Å². The van der Waals surface area contributed by atoms with Crippen LogP contribution in [0.2, 0.25) is 0 Å². The minimum atomic E-state index is -4.37. The molecule has 6 nitrogen and oxygen atoms in total. The Balaban J connectivity index is 1.18. The molecule has 0 spiro atoms. The predicted molar refractivity (Wildman–Crippen MR) is 119 cm³/mol. The molecule has 3 aliphatic rings. The molecule has 0 atom stereocenters. The second-order valence-corrected chi connectivity index (χ2v) is 9.06. The minimum absolute atomic E-state index is 0.158. The molecule has 2 aliphatic heterocycles. The molecule has 33 heavy (non-hydrogen) atoms. The van der Waals surface area contributed by atoms with E-state index in [0.717, 1.165) is 44.4 Å². The van der Waals surface area contributed by atoms with E-state index in [2.05, 4.69) is 9.80 Å². The molecule has 1 aliphatic carbocycles. The fourth-order valence-electron chi connectivity index (χ4n) is 4.56. The molecule has 1 aromatic carbocycles. The molecular weight excluding hydrogens is 433 g/mol. The third-order valence-electron chi connectivity index (χ3n) is 6.96. The maximum Gasteiger partial charge on any atom is 0.416 e. The van der Waals surface area contributed by atoms with Crippen LogP contribution < -0.4 is 0 Å². The van der Waals surface area contributed by atoms with Crippen LogP contribution in [0.3, 0.4) is 0 Å². The summed E-state index contributed by atoms with van der Waals surface area (Å²) in [7, 11) is 0. The van der Waals surface area contributed by atoms with Gasteiger partial charge in [0.1, 0.15) is 0 Å². The topological polar surface area (TPSA) is 47.1 Å². The van der Waals surface area contributed by atoms with Gasteiger partial charge in [-0.1, -0.05) is 18.6 Å². The summed E-state index contributed by atoms with van der Waals surface area (Å²) in [5.74, 6) is -0.0155. The average molecular weight is 465 g/mol. The molecule has 0 N–H and O–H groups in total. The molecule has 2 saturated heterocycles. The Morgan fingerprint density at radius 2 is 1.48 bits per heavy atom. The van der Waals surface area contributed by atoms with Crippen molar-refractivity contribution in [3.8, 4) is 0 Å².